The van der Waals surface area contributed by atoms with E-state index in [4.69, 9.17) is 9.05 Å². The molecule has 56 heavy (non-hydrogen) atoms. The lowest BCUT2D eigenvalue weighted by molar-refractivity contribution is -0.220. The number of phosphoric ester groups is 1. The molecular weight excluding hydrogens is 741 g/mol. The third kappa shape index (κ3) is 25.0. The molecule has 8 atom stereocenters. The topological polar surface area (TPSA) is 226 Å². The zero-order valence-electron chi connectivity index (χ0n) is 35.1. The summed E-state index contributed by atoms with van der Waals surface area (Å²) in [5, 5.41) is 74.4. The zero-order valence-corrected chi connectivity index (χ0v) is 36.0. The molecule has 0 saturated heterocycles. The van der Waals surface area contributed by atoms with Crippen LogP contribution in [0.4, 0.5) is 0 Å². The van der Waals surface area contributed by atoms with Crippen molar-refractivity contribution in [3.05, 3.63) is 0 Å². The van der Waals surface area contributed by atoms with Crippen LogP contribution in [-0.4, -0.2) is 108 Å². The van der Waals surface area contributed by atoms with Crippen molar-refractivity contribution in [1.29, 1.82) is 0 Å². The third-order valence-corrected chi connectivity index (χ3v) is 12.2. The summed E-state index contributed by atoms with van der Waals surface area (Å²) in [5.74, 6) is -0.559. The van der Waals surface area contributed by atoms with Crippen molar-refractivity contribution in [3.8, 4) is 0 Å². The highest BCUT2D eigenvalue weighted by atomic mass is 31.2. The highest BCUT2D eigenvalue weighted by Crippen LogP contribution is 2.47. The number of carbonyl (C=O) groups is 1. The van der Waals surface area contributed by atoms with Crippen LogP contribution >= 0.6 is 7.82 Å². The van der Waals surface area contributed by atoms with Crippen molar-refractivity contribution >= 4 is 13.7 Å². The number of aliphatic hydroxyl groups excluding tert-OH is 7. The van der Waals surface area contributed by atoms with E-state index in [1.54, 1.807) is 0 Å². The van der Waals surface area contributed by atoms with Gasteiger partial charge in [-0.25, -0.2) is 4.57 Å². The van der Waals surface area contributed by atoms with Gasteiger partial charge in [-0.3, -0.25) is 13.8 Å². The normalized spacial score (nSPS) is 24.1. The van der Waals surface area contributed by atoms with E-state index < -0.39 is 75.2 Å². The van der Waals surface area contributed by atoms with Gasteiger partial charge < -0.3 is 46.0 Å². The minimum Gasteiger partial charge on any atom is -0.393 e. The first-order valence-corrected chi connectivity index (χ1v) is 24.1. The van der Waals surface area contributed by atoms with Crippen LogP contribution in [-0.2, 0) is 18.4 Å². The molecule has 0 bridgehead atoms. The molecule has 9 N–H and O–H groups in total. The molecule has 334 valence electrons. The second kappa shape index (κ2) is 33.1. The van der Waals surface area contributed by atoms with Crippen LogP contribution in [0.5, 0.6) is 0 Å². The van der Waals surface area contributed by atoms with E-state index >= 15 is 0 Å². The van der Waals surface area contributed by atoms with E-state index in [0.29, 0.717) is 12.8 Å². The number of rotatable bonds is 37. The lowest BCUT2D eigenvalue weighted by Gasteiger charge is -2.41. The molecule has 0 heterocycles. The third-order valence-electron chi connectivity index (χ3n) is 11.2. The summed E-state index contributed by atoms with van der Waals surface area (Å²) in [6.07, 6.45) is 17.3. The monoisotopic (exact) mass is 826 g/mol. The predicted molar refractivity (Wildman–Crippen MR) is 220 cm³/mol. The Morgan fingerprint density at radius 1 is 0.554 bits per heavy atom. The van der Waals surface area contributed by atoms with Gasteiger partial charge in [-0.2, -0.15) is 0 Å². The van der Waals surface area contributed by atoms with E-state index in [9.17, 15) is 50.0 Å². The number of aliphatic hydroxyl groups is 7. The molecule has 0 radical (unpaired) electrons. The predicted octanol–water partition coefficient (Wildman–Crippen LogP) is 6.87. The number of nitrogens with one attached hydrogen (secondary N) is 1. The van der Waals surface area contributed by atoms with Crippen LogP contribution in [0.3, 0.4) is 0 Å². The summed E-state index contributed by atoms with van der Waals surface area (Å²) in [5.41, 5.74) is 0. The van der Waals surface area contributed by atoms with E-state index in [1.165, 1.54) is 109 Å². The Hall–Kier alpha value is -0.700. The zero-order chi connectivity index (χ0) is 41.6. The van der Waals surface area contributed by atoms with Gasteiger partial charge in [-0.15, -0.1) is 0 Å². The fourth-order valence-corrected chi connectivity index (χ4v) is 8.45. The maximum absolute atomic E-state index is 13.0. The molecule has 1 aliphatic carbocycles. The molecule has 0 aliphatic heterocycles. The molecule has 0 aromatic carbocycles. The van der Waals surface area contributed by atoms with Crippen molar-refractivity contribution in [3.63, 3.8) is 0 Å². The SMILES string of the molecule is CCCCCCCCCCCCCCCCCCC(O)C(COP(=O)(O)OC1C(O)C(O)C(O)C(O)C1O)NC(=O)CC(O)CCCCCCCCCCCC. The molecule has 8 unspecified atom stereocenters. The standard InChI is InChI=1S/C42H84NO12P/c1-3-5-7-9-11-13-15-16-17-18-19-20-22-24-26-28-30-35(45)34(32-54-56(52,53)55-42-40(50)38(48)37(47)39(49)41(42)51)43-36(46)31-33(44)29-27-25-23-21-14-12-10-8-6-4-2/h33-35,37-42,44-45,47-51H,3-32H2,1-2H3,(H,43,46)(H,52,53). The number of amides is 1. The average molecular weight is 826 g/mol. The molecule has 0 spiro atoms. The smallest absolute Gasteiger partial charge is 0.393 e. The van der Waals surface area contributed by atoms with E-state index in [0.717, 1.165) is 51.4 Å². The Balaban J connectivity index is 2.54. The molecule has 0 aromatic rings. The summed E-state index contributed by atoms with van der Waals surface area (Å²) in [7, 11) is -5.11. The summed E-state index contributed by atoms with van der Waals surface area (Å²) in [6, 6.07) is -1.15. The fourth-order valence-electron chi connectivity index (χ4n) is 7.48. The maximum Gasteiger partial charge on any atom is 0.472 e. The van der Waals surface area contributed by atoms with Crippen LogP contribution in [0.15, 0.2) is 0 Å². The summed E-state index contributed by atoms with van der Waals surface area (Å²) in [4.78, 5) is 23.4. The molecule has 0 aromatic heterocycles. The first-order chi connectivity index (χ1) is 26.8. The molecule has 1 aliphatic rings. The number of hydrogen-bond donors (Lipinski definition) is 9. The first kappa shape index (κ1) is 53.3. The summed E-state index contributed by atoms with van der Waals surface area (Å²) in [6.45, 7) is 3.77. The van der Waals surface area contributed by atoms with Gasteiger partial charge in [0.15, 0.2) is 0 Å². The Bertz CT molecular complexity index is 979. The number of carbonyl (C=O) groups excluding carboxylic acids is 1. The van der Waals surface area contributed by atoms with Gasteiger partial charge >= 0.3 is 7.82 Å². The number of phosphoric acid groups is 1. The van der Waals surface area contributed by atoms with Gasteiger partial charge in [0.05, 0.1) is 31.3 Å². The Labute approximate surface area is 339 Å². The van der Waals surface area contributed by atoms with Crippen LogP contribution in [0.25, 0.3) is 0 Å². The Morgan fingerprint density at radius 3 is 1.29 bits per heavy atom. The van der Waals surface area contributed by atoms with Crippen molar-refractivity contribution in [2.45, 2.75) is 255 Å². The highest BCUT2D eigenvalue weighted by Gasteiger charge is 2.51. The van der Waals surface area contributed by atoms with Crippen LogP contribution in [0, 0.1) is 0 Å². The lowest BCUT2D eigenvalue weighted by Crippen LogP contribution is -2.64. The van der Waals surface area contributed by atoms with Gasteiger partial charge in [0, 0.05) is 0 Å². The molecule has 1 saturated carbocycles. The minimum absolute atomic E-state index is 0.217. The van der Waals surface area contributed by atoms with Crippen LogP contribution in [0.1, 0.15) is 200 Å². The maximum atomic E-state index is 13.0. The van der Waals surface area contributed by atoms with Crippen molar-refractivity contribution < 1.29 is 59.0 Å². The van der Waals surface area contributed by atoms with Gasteiger partial charge in [-0.1, -0.05) is 181 Å². The van der Waals surface area contributed by atoms with Crippen LogP contribution < -0.4 is 5.32 Å². The van der Waals surface area contributed by atoms with Gasteiger partial charge in [-0.05, 0) is 12.8 Å². The van der Waals surface area contributed by atoms with Crippen LogP contribution in [0.2, 0.25) is 0 Å². The van der Waals surface area contributed by atoms with E-state index in [2.05, 4.69) is 19.2 Å². The largest absolute Gasteiger partial charge is 0.472 e. The Kier molecular flexibility index (Phi) is 31.5. The fraction of sp³-hybridized carbons (Fsp3) is 0.976. The van der Waals surface area contributed by atoms with Gasteiger partial charge in [0.2, 0.25) is 5.91 Å². The Morgan fingerprint density at radius 2 is 0.893 bits per heavy atom. The average Bonchev–Trinajstić information content (AvgIpc) is 3.17. The summed E-state index contributed by atoms with van der Waals surface area (Å²) < 4.78 is 22.9. The highest BCUT2D eigenvalue weighted by molar-refractivity contribution is 7.47. The molecule has 14 heteroatoms. The second-order valence-electron chi connectivity index (χ2n) is 16.4. The van der Waals surface area contributed by atoms with Crippen molar-refractivity contribution in [2.24, 2.45) is 0 Å². The van der Waals surface area contributed by atoms with Gasteiger partial charge in [0.25, 0.3) is 0 Å². The molecule has 1 rings (SSSR count). The minimum atomic E-state index is -5.11. The number of hydrogen-bond acceptors (Lipinski definition) is 11. The molecule has 13 nitrogen and oxygen atoms in total. The van der Waals surface area contributed by atoms with E-state index in [1.807, 2.05) is 0 Å². The second-order valence-corrected chi connectivity index (χ2v) is 17.9. The van der Waals surface area contributed by atoms with Gasteiger partial charge in [0.1, 0.15) is 36.6 Å². The van der Waals surface area contributed by atoms with Crippen molar-refractivity contribution in [1.82, 2.24) is 5.32 Å². The molecule has 1 fully saturated rings. The quantitative estimate of drug-likeness (QED) is 0.0231. The van der Waals surface area contributed by atoms with Crippen molar-refractivity contribution in [2.75, 3.05) is 6.61 Å². The summed E-state index contributed by atoms with van der Waals surface area (Å²) >= 11 is 0. The molecule has 1 amide bonds. The first-order valence-electron chi connectivity index (χ1n) is 22.6. The lowest BCUT2D eigenvalue weighted by atomic mass is 9.85. The molecular formula is C42H84NO12P. The van der Waals surface area contributed by atoms with E-state index in [-0.39, 0.29) is 12.8 Å². The number of unbranched alkanes of at least 4 members (excludes halogenated alkanes) is 24.